The lowest BCUT2D eigenvalue weighted by molar-refractivity contribution is -0.144. The third-order valence-electron chi connectivity index (χ3n) is 5.23. The highest BCUT2D eigenvalue weighted by Gasteiger charge is 2.21. The van der Waals surface area contributed by atoms with E-state index < -0.39 is 23.7 Å². The Hall–Kier alpha value is -3.74. The second kappa shape index (κ2) is 12.6. The topological polar surface area (TPSA) is 78.9 Å². The van der Waals surface area contributed by atoms with Crippen LogP contribution in [0.5, 0.6) is 5.75 Å². The van der Waals surface area contributed by atoms with Crippen LogP contribution in [0.1, 0.15) is 39.2 Å². The molecule has 1 aliphatic carbocycles. The van der Waals surface area contributed by atoms with Crippen molar-refractivity contribution < 1.29 is 33.0 Å². The number of ether oxygens (including phenoxy) is 3. The molecule has 0 saturated heterocycles. The van der Waals surface area contributed by atoms with E-state index in [-0.39, 0.29) is 47.5 Å². The van der Waals surface area contributed by atoms with Crippen LogP contribution >= 0.6 is 0 Å². The number of hydrogen-bond acceptors (Lipinski definition) is 6. The summed E-state index contributed by atoms with van der Waals surface area (Å²) in [7, 11) is 0. The highest BCUT2D eigenvalue weighted by atomic mass is 19.1. The quantitative estimate of drug-likeness (QED) is 0.235. The summed E-state index contributed by atoms with van der Waals surface area (Å²) in [5.74, 6) is -2.18. The molecule has 0 aliphatic heterocycles. The molecule has 0 aromatic heterocycles. The lowest BCUT2D eigenvalue weighted by Gasteiger charge is -2.23. The van der Waals surface area contributed by atoms with Crippen molar-refractivity contribution in [3.63, 3.8) is 0 Å². The molecule has 7 heteroatoms. The first-order chi connectivity index (χ1) is 16.5. The molecule has 0 radical (unpaired) electrons. The zero-order valence-electron chi connectivity index (χ0n) is 20.4. The van der Waals surface area contributed by atoms with Gasteiger partial charge in [-0.25, -0.2) is 18.8 Å². The van der Waals surface area contributed by atoms with Gasteiger partial charge in [0.05, 0.1) is 13.2 Å². The molecule has 0 saturated carbocycles. The van der Waals surface area contributed by atoms with E-state index in [0.717, 1.165) is 0 Å². The maximum Gasteiger partial charge on any atom is 0.338 e. The summed E-state index contributed by atoms with van der Waals surface area (Å²) in [4.78, 5) is 35.2. The fraction of sp³-hybridized carbons (Fsp3) is 0.321. The van der Waals surface area contributed by atoms with Gasteiger partial charge < -0.3 is 14.2 Å². The molecule has 2 rings (SSSR count). The molecular weight excluding hydrogens is 451 g/mol. The first kappa shape index (κ1) is 27.5. The largest absolute Gasteiger partial charge is 0.462 e. The van der Waals surface area contributed by atoms with Gasteiger partial charge in [0, 0.05) is 34.3 Å². The van der Waals surface area contributed by atoms with Crippen molar-refractivity contribution >= 4 is 23.5 Å². The summed E-state index contributed by atoms with van der Waals surface area (Å²) in [6.07, 6.45) is 6.91. The minimum absolute atomic E-state index is 0.0784. The summed E-state index contributed by atoms with van der Waals surface area (Å²) >= 11 is 0. The van der Waals surface area contributed by atoms with Crippen LogP contribution in [0.15, 0.2) is 72.9 Å². The van der Waals surface area contributed by atoms with E-state index in [9.17, 15) is 18.8 Å². The zero-order valence-corrected chi connectivity index (χ0v) is 20.4. The molecule has 35 heavy (non-hydrogen) atoms. The molecule has 0 N–H and O–H groups in total. The third kappa shape index (κ3) is 8.52. The smallest absolute Gasteiger partial charge is 0.338 e. The molecule has 0 spiro atoms. The normalized spacial score (nSPS) is 14.7. The summed E-state index contributed by atoms with van der Waals surface area (Å²) in [6, 6.07) is 4.25. The second-order valence-corrected chi connectivity index (χ2v) is 8.69. The maximum atomic E-state index is 14.7. The molecule has 1 aromatic carbocycles. The fourth-order valence-electron chi connectivity index (χ4n) is 3.27. The third-order valence-corrected chi connectivity index (χ3v) is 5.23. The molecule has 6 nitrogen and oxygen atoms in total. The average molecular weight is 483 g/mol. The van der Waals surface area contributed by atoms with Crippen molar-refractivity contribution in [1.82, 2.24) is 0 Å². The van der Waals surface area contributed by atoms with Crippen LogP contribution < -0.4 is 4.74 Å². The molecule has 1 aromatic rings. The molecular formula is C28H31FO6. The van der Waals surface area contributed by atoms with E-state index in [1.165, 1.54) is 19.1 Å². The maximum absolute atomic E-state index is 14.7. The standard InChI is InChI=1S/C28H31FO6/c1-17(2)26(30)33-15-21(16-34-27(31)18(3)4)13-20-7-9-22(10-8-20)24-12-11-23(14-25(24)29)35-28(32)19(5)6/h7,9-12,14,20-21H,1,3,5,8,13,15-16H2,2,4,6H3. The van der Waals surface area contributed by atoms with E-state index >= 15 is 0 Å². The number of carbonyl (C=O) groups excluding carboxylic acids is 3. The Labute approximate surface area is 205 Å². The van der Waals surface area contributed by atoms with Gasteiger partial charge in [0.2, 0.25) is 0 Å². The van der Waals surface area contributed by atoms with Crippen molar-refractivity contribution in [3.05, 3.63) is 84.3 Å². The van der Waals surface area contributed by atoms with Gasteiger partial charge in [0.25, 0.3) is 0 Å². The van der Waals surface area contributed by atoms with E-state index in [4.69, 9.17) is 14.2 Å². The van der Waals surface area contributed by atoms with Gasteiger partial charge in [-0.05, 0) is 57.2 Å². The van der Waals surface area contributed by atoms with Crippen molar-refractivity contribution in [2.24, 2.45) is 11.8 Å². The van der Waals surface area contributed by atoms with Crippen LogP contribution in [0.4, 0.5) is 4.39 Å². The Balaban J connectivity index is 2.03. The van der Waals surface area contributed by atoms with Gasteiger partial charge in [0.1, 0.15) is 11.6 Å². The number of rotatable bonds is 11. The first-order valence-corrected chi connectivity index (χ1v) is 11.2. The van der Waals surface area contributed by atoms with E-state index in [0.29, 0.717) is 24.0 Å². The summed E-state index contributed by atoms with van der Waals surface area (Å²) in [5.41, 5.74) is 1.89. The van der Waals surface area contributed by atoms with Crippen LogP contribution in [-0.2, 0) is 23.9 Å². The monoisotopic (exact) mass is 482 g/mol. The van der Waals surface area contributed by atoms with Gasteiger partial charge >= 0.3 is 17.9 Å². The SMILES string of the molecule is C=C(C)C(=O)OCC(COC(=O)C(=C)C)CC1C=CC(c2ccc(OC(=O)C(=C)C)cc2F)=CC1. The first-order valence-electron chi connectivity index (χ1n) is 11.2. The molecule has 0 fully saturated rings. The lowest BCUT2D eigenvalue weighted by atomic mass is 9.87. The van der Waals surface area contributed by atoms with Crippen molar-refractivity contribution in [2.45, 2.75) is 33.6 Å². The number of allylic oxidation sites excluding steroid dienone is 4. The Morgan fingerprint density at radius 3 is 2.00 bits per heavy atom. The number of esters is 3. The Kier molecular flexibility index (Phi) is 9.94. The summed E-state index contributed by atoms with van der Waals surface area (Å²) in [6.45, 7) is 15.4. The van der Waals surface area contributed by atoms with Gasteiger partial charge in [-0.2, -0.15) is 0 Å². The van der Waals surface area contributed by atoms with Crippen LogP contribution in [0.2, 0.25) is 0 Å². The highest BCUT2D eigenvalue weighted by molar-refractivity contribution is 5.89. The van der Waals surface area contributed by atoms with Crippen LogP contribution in [0, 0.1) is 17.7 Å². The molecule has 0 heterocycles. The molecule has 1 unspecified atom stereocenters. The van der Waals surface area contributed by atoms with Crippen molar-refractivity contribution in [1.29, 1.82) is 0 Å². The molecule has 0 bridgehead atoms. The van der Waals surface area contributed by atoms with Crippen molar-refractivity contribution in [2.75, 3.05) is 13.2 Å². The Morgan fingerprint density at radius 1 is 0.971 bits per heavy atom. The number of halogens is 1. The number of carbonyl (C=O) groups is 3. The summed E-state index contributed by atoms with van der Waals surface area (Å²) in [5, 5.41) is 0. The Morgan fingerprint density at radius 2 is 1.54 bits per heavy atom. The predicted octanol–water partition coefficient (Wildman–Crippen LogP) is 5.51. The van der Waals surface area contributed by atoms with Crippen LogP contribution in [0.25, 0.3) is 5.57 Å². The van der Waals surface area contributed by atoms with E-state index in [1.807, 2.05) is 18.2 Å². The van der Waals surface area contributed by atoms with Crippen molar-refractivity contribution in [3.8, 4) is 5.75 Å². The minimum Gasteiger partial charge on any atom is -0.462 e. The van der Waals surface area contributed by atoms with Crippen LogP contribution in [-0.4, -0.2) is 31.1 Å². The number of hydrogen-bond donors (Lipinski definition) is 0. The zero-order chi connectivity index (χ0) is 26.1. The highest BCUT2D eigenvalue weighted by Crippen LogP contribution is 2.31. The summed E-state index contributed by atoms with van der Waals surface area (Å²) < 4.78 is 30.3. The molecule has 1 atom stereocenters. The fourth-order valence-corrected chi connectivity index (χ4v) is 3.27. The lowest BCUT2D eigenvalue weighted by Crippen LogP contribution is -2.23. The molecule has 0 amide bonds. The van der Waals surface area contributed by atoms with Gasteiger partial charge in [-0.15, -0.1) is 0 Å². The predicted molar refractivity (Wildman–Crippen MR) is 132 cm³/mol. The number of benzene rings is 1. The van der Waals surface area contributed by atoms with Gasteiger partial charge in [-0.1, -0.05) is 38.0 Å². The van der Waals surface area contributed by atoms with Gasteiger partial charge in [0.15, 0.2) is 0 Å². The van der Waals surface area contributed by atoms with E-state index in [1.54, 1.807) is 19.9 Å². The second-order valence-electron chi connectivity index (χ2n) is 8.69. The van der Waals surface area contributed by atoms with E-state index in [2.05, 4.69) is 19.7 Å². The minimum atomic E-state index is -0.616. The average Bonchev–Trinajstić information content (AvgIpc) is 2.80. The van der Waals surface area contributed by atoms with Crippen LogP contribution in [0.3, 0.4) is 0 Å². The molecule has 186 valence electrons. The molecule has 1 aliphatic rings. The van der Waals surface area contributed by atoms with Gasteiger partial charge in [-0.3, -0.25) is 0 Å². The Bertz CT molecular complexity index is 1060.